The number of hydrogen-bond acceptors (Lipinski definition) is 3. The molecule has 4 nitrogen and oxygen atoms in total. The second-order valence-electron chi connectivity index (χ2n) is 3.77. The molecule has 1 aliphatic carbocycles. The van der Waals surface area contributed by atoms with Crippen LogP contribution in [0.15, 0.2) is 0 Å². The summed E-state index contributed by atoms with van der Waals surface area (Å²) in [7, 11) is 3.82. The van der Waals surface area contributed by atoms with Gasteiger partial charge in [0.1, 0.15) is 0 Å². The molecule has 4 heteroatoms. The Kier molecular flexibility index (Phi) is 3.69. The van der Waals surface area contributed by atoms with E-state index in [4.69, 9.17) is 5.73 Å². The zero-order valence-electron chi connectivity index (χ0n) is 8.42. The molecule has 1 fully saturated rings. The first kappa shape index (κ1) is 10.5. The van der Waals surface area contributed by atoms with Crippen molar-refractivity contribution in [2.24, 2.45) is 5.73 Å². The van der Waals surface area contributed by atoms with Crippen molar-refractivity contribution in [2.45, 2.75) is 31.3 Å². The van der Waals surface area contributed by atoms with Crippen LogP contribution >= 0.6 is 0 Å². The topological polar surface area (TPSA) is 58.4 Å². The smallest absolute Gasteiger partial charge is 0.235 e. The summed E-state index contributed by atoms with van der Waals surface area (Å²) in [6, 6.07) is 0.445. The first-order valence-electron chi connectivity index (χ1n) is 4.82. The summed E-state index contributed by atoms with van der Waals surface area (Å²) in [5, 5.41) is 2.92. The lowest BCUT2D eigenvalue weighted by atomic mass is 9.91. The second-order valence-corrected chi connectivity index (χ2v) is 3.77. The van der Waals surface area contributed by atoms with Gasteiger partial charge in [0.25, 0.3) is 0 Å². The monoisotopic (exact) mass is 185 g/mol. The largest absolute Gasteiger partial charge is 0.368 e. The van der Waals surface area contributed by atoms with E-state index in [1.165, 1.54) is 19.3 Å². The van der Waals surface area contributed by atoms with Gasteiger partial charge in [-0.1, -0.05) is 6.42 Å². The molecule has 0 bridgehead atoms. The van der Waals surface area contributed by atoms with Crippen LogP contribution in [0.1, 0.15) is 19.3 Å². The summed E-state index contributed by atoms with van der Waals surface area (Å²) in [6.45, 7) is 0.719. The predicted octanol–water partition coefficient (Wildman–Crippen LogP) is -0.456. The molecule has 3 N–H and O–H groups in total. The van der Waals surface area contributed by atoms with Crippen LogP contribution in [0.4, 0.5) is 0 Å². The van der Waals surface area contributed by atoms with Crippen LogP contribution in [0.2, 0.25) is 0 Å². The number of hydrogen-bond donors (Lipinski definition) is 2. The fourth-order valence-corrected chi connectivity index (χ4v) is 1.59. The molecule has 1 amide bonds. The van der Waals surface area contributed by atoms with Crippen molar-refractivity contribution < 1.29 is 4.79 Å². The minimum absolute atomic E-state index is 0.217. The maximum atomic E-state index is 10.9. The van der Waals surface area contributed by atoms with Crippen LogP contribution in [0.3, 0.4) is 0 Å². The van der Waals surface area contributed by atoms with E-state index < -0.39 is 0 Å². The standard InChI is InChI=1S/C9H19N3O/c1-11-8(9(10)13)6-12(2)7-4-3-5-7/h7-8,11H,3-6H2,1-2H3,(H2,10,13). The van der Waals surface area contributed by atoms with E-state index in [1.54, 1.807) is 7.05 Å². The fraction of sp³-hybridized carbons (Fsp3) is 0.889. The van der Waals surface area contributed by atoms with Gasteiger partial charge in [0, 0.05) is 12.6 Å². The van der Waals surface area contributed by atoms with Crippen LogP contribution in [-0.2, 0) is 4.79 Å². The highest BCUT2D eigenvalue weighted by Gasteiger charge is 2.25. The highest BCUT2D eigenvalue weighted by Crippen LogP contribution is 2.23. The average molecular weight is 185 g/mol. The SMILES string of the molecule is CNC(CN(C)C1CCC1)C(N)=O. The third-order valence-electron chi connectivity index (χ3n) is 2.86. The van der Waals surface area contributed by atoms with E-state index >= 15 is 0 Å². The van der Waals surface area contributed by atoms with Gasteiger partial charge in [-0.25, -0.2) is 0 Å². The third kappa shape index (κ3) is 2.67. The van der Waals surface area contributed by atoms with Crippen LogP contribution in [0, 0.1) is 0 Å². The Balaban J connectivity index is 2.31. The zero-order chi connectivity index (χ0) is 9.84. The Hall–Kier alpha value is -0.610. The van der Waals surface area contributed by atoms with Crippen LogP contribution in [0.5, 0.6) is 0 Å². The van der Waals surface area contributed by atoms with Crippen LogP contribution in [0.25, 0.3) is 0 Å². The van der Waals surface area contributed by atoms with Gasteiger partial charge in [-0.15, -0.1) is 0 Å². The molecule has 1 atom stereocenters. The molecule has 1 rings (SSSR count). The molecule has 13 heavy (non-hydrogen) atoms. The van der Waals surface area contributed by atoms with E-state index in [0.29, 0.717) is 6.04 Å². The van der Waals surface area contributed by atoms with Gasteiger partial charge < -0.3 is 16.0 Å². The lowest BCUT2D eigenvalue weighted by molar-refractivity contribution is -0.120. The van der Waals surface area contributed by atoms with Crippen molar-refractivity contribution in [3.63, 3.8) is 0 Å². The molecule has 0 aromatic carbocycles. The minimum atomic E-state index is -0.270. The summed E-state index contributed by atoms with van der Waals surface area (Å²) >= 11 is 0. The van der Waals surface area contributed by atoms with Crippen molar-refractivity contribution >= 4 is 5.91 Å². The summed E-state index contributed by atoms with van der Waals surface area (Å²) in [4.78, 5) is 13.1. The Morgan fingerprint density at radius 1 is 1.69 bits per heavy atom. The molecule has 0 aromatic rings. The van der Waals surface area contributed by atoms with Gasteiger partial charge in [-0.3, -0.25) is 4.79 Å². The number of carbonyl (C=O) groups excluding carboxylic acids is 1. The molecule has 1 aliphatic rings. The molecular formula is C9H19N3O. The molecule has 0 aliphatic heterocycles. The minimum Gasteiger partial charge on any atom is -0.368 e. The van der Waals surface area contributed by atoms with E-state index in [-0.39, 0.29) is 11.9 Å². The Morgan fingerprint density at radius 2 is 2.31 bits per heavy atom. The van der Waals surface area contributed by atoms with Gasteiger partial charge in [0.2, 0.25) is 5.91 Å². The maximum absolute atomic E-state index is 10.9. The highest BCUT2D eigenvalue weighted by atomic mass is 16.1. The summed E-state index contributed by atoms with van der Waals surface area (Å²) in [5.74, 6) is -0.270. The quantitative estimate of drug-likeness (QED) is 0.609. The van der Waals surface area contributed by atoms with E-state index in [1.807, 2.05) is 0 Å². The molecule has 76 valence electrons. The summed E-state index contributed by atoms with van der Waals surface area (Å²) in [5.41, 5.74) is 5.23. The van der Waals surface area contributed by atoms with Crippen molar-refractivity contribution in [1.82, 2.24) is 10.2 Å². The van der Waals surface area contributed by atoms with Crippen molar-refractivity contribution in [3.05, 3.63) is 0 Å². The molecule has 0 heterocycles. The lowest BCUT2D eigenvalue weighted by Crippen LogP contribution is -2.50. The predicted molar refractivity (Wildman–Crippen MR) is 52.3 cm³/mol. The van der Waals surface area contributed by atoms with Crippen molar-refractivity contribution in [1.29, 1.82) is 0 Å². The number of nitrogens with two attached hydrogens (primary N) is 1. The fourth-order valence-electron chi connectivity index (χ4n) is 1.59. The first-order chi connectivity index (χ1) is 6.15. The number of primary amides is 1. The third-order valence-corrected chi connectivity index (χ3v) is 2.86. The molecule has 0 radical (unpaired) electrons. The Labute approximate surface area is 79.5 Å². The van der Waals surface area contributed by atoms with E-state index in [2.05, 4.69) is 17.3 Å². The normalized spacial score (nSPS) is 19.9. The Bertz CT molecular complexity index is 180. The molecule has 1 saturated carbocycles. The number of amides is 1. The highest BCUT2D eigenvalue weighted by molar-refractivity contribution is 5.80. The number of rotatable bonds is 5. The molecule has 1 unspecified atom stereocenters. The second kappa shape index (κ2) is 4.58. The van der Waals surface area contributed by atoms with E-state index in [0.717, 1.165) is 6.54 Å². The number of nitrogens with zero attached hydrogens (tertiary/aromatic N) is 1. The van der Waals surface area contributed by atoms with Gasteiger partial charge in [-0.2, -0.15) is 0 Å². The van der Waals surface area contributed by atoms with Crippen LogP contribution < -0.4 is 11.1 Å². The molecular weight excluding hydrogens is 166 g/mol. The number of carbonyl (C=O) groups is 1. The van der Waals surface area contributed by atoms with Crippen LogP contribution in [-0.4, -0.2) is 43.5 Å². The lowest BCUT2D eigenvalue weighted by Gasteiger charge is -2.36. The van der Waals surface area contributed by atoms with Gasteiger partial charge >= 0.3 is 0 Å². The Morgan fingerprint density at radius 3 is 2.62 bits per heavy atom. The first-order valence-corrected chi connectivity index (χ1v) is 4.82. The molecule has 0 aromatic heterocycles. The zero-order valence-corrected chi connectivity index (χ0v) is 8.42. The average Bonchev–Trinajstić information content (AvgIpc) is 1.96. The number of nitrogens with one attached hydrogen (secondary N) is 1. The molecule has 0 saturated heterocycles. The maximum Gasteiger partial charge on any atom is 0.235 e. The van der Waals surface area contributed by atoms with Gasteiger partial charge in [-0.05, 0) is 26.9 Å². The summed E-state index contributed by atoms with van der Waals surface area (Å²) in [6.07, 6.45) is 3.83. The molecule has 0 spiro atoms. The summed E-state index contributed by atoms with van der Waals surface area (Å²) < 4.78 is 0. The van der Waals surface area contributed by atoms with Crippen molar-refractivity contribution in [3.8, 4) is 0 Å². The van der Waals surface area contributed by atoms with Gasteiger partial charge in [0.05, 0.1) is 6.04 Å². The van der Waals surface area contributed by atoms with Crippen molar-refractivity contribution in [2.75, 3.05) is 20.6 Å². The number of likely N-dealkylation sites (N-methyl/N-ethyl adjacent to an activating group) is 2. The van der Waals surface area contributed by atoms with E-state index in [9.17, 15) is 4.79 Å². The van der Waals surface area contributed by atoms with Gasteiger partial charge in [0.15, 0.2) is 0 Å².